The lowest BCUT2D eigenvalue weighted by Crippen LogP contribution is -2.48. The van der Waals surface area contributed by atoms with Crippen molar-refractivity contribution in [3.63, 3.8) is 0 Å². The molecule has 4 saturated heterocycles. The molecular weight excluding hydrogens is 1110 g/mol. The van der Waals surface area contributed by atoms with Crippen LogP contribution in [0, 0.1) is 10.8 Å². The van der Waals surface area contributed by atoms with Crippen molar-refractivity contribution in [1.29, 1.82) is 0 Å². The molecule has 5 heterocycles. The maximum absolute atomic E-state index is 14.1. The van der Waals surface area contributed by atoms with E-state index in [0.717, 1.165) is 99.1 Å². The van der Waals surface area contributed by atoms with Crippen molar-refractivity contribution in [3.8, 4) is 0 Å². The number of nitrogens with zero attached hydrogens (tertiary/aromatic N) is 5. The molecule has 0 bridgehead atoms. The van der Waals surface area contributed by atoms with Gasteiger partial charge in [0, 0.05) is 62.2 Å². The molecule has 1 aromatic heterocycles. The first-order chi connectivity index (χ1) is 42.8. The molecule has 3 N–H and O–H groups in total. The van der Waals surface area contributed by atoms with Crippen molar-refractivity contribution >= 4 is 35.3 Å². The third kappa shape index (κ3) is 14.2. The largest absolute Gasteiger partial charge is 0.480 e. The van der Waals surface area contributed by atoms with E-state index in [1.807, 2.05) is 158 Å². The molecular formula is C73H83FN6O8. The lowest BCUT2D eigenvalue weighted by molar-refractivity contribution is -0.148. The van der Waals surface area contributed by atoms with Crippen LogP contribution in [0.2, 0.25) is 0 Å². The number of hydrogen-bond donors (Lipinski definition) is 3. The number of halogens is 1. The summed E-state index contributed by atoms with van der Waals surface area (Å²) in [5.41, 5.74) is 6.07. The average molecular weight is 1190 g/mol. The molecule has 6 atom stereocenters. The quantitative estimate of drug-likeness (QED) is 0.105. The normalized spacial score (nSPS) is 23.0. The van der Waals surface area contributed by atoms with Crippen LogP contribution in [0.3, 0.4) is 0 Å². The molecule has 7 aromatic rings. The molecule has 2 aliphatic carbocycles. The van der Waals surface area contributed by atoms with E-state index in [4.69, 9.17) is 6.48 Å². The van der Waals surface area contributed by atoms with Crippen LogP contribution in [0.5, 0.6) is 0 Å². The Kier molecular flexibility index (Phi) is 21.2. The Hall–Kier alpha value is -8.24. The molecule has 4 aliphatic heterocycles. The SMILES string of the molecule is C.O=C(C(c1ccccc1)c1ccccc1)n1ccnc1.O=C1CCC2(CCN([C@@H]3CN[C@H](C(=O)O)C3)CC2)C1c1ccccc1.O=C1CCC2(CCN([C@H]3C[C@@H](C(=O)O)N(C(=O)C(c4ccccc4)c4ccccc4)C3)CC2)C1c1ccccc1.[2H]CF. The topological polar surface area (TPSA) is 182 Å². The van der Waals surface area contributed by atoms with E-state index in [9.17, 15) is 38.3 Å². The lowest BCUT2D eigenvalue weighted by atomic mass is 9.68. The Morgan fingerprint density at radius 1 is 0.557 bits per heavy atom. The number of piperidine rings is 2. The van der Waals surface area contributed by atoms with Gasteiger partial charge in [-0.3, -0.25) is 42.7 Å². The minimum atomic E-state index is -1.00. The van der Waals surface area contributed by atoms with Gasteiger partial charge in [0.2, 0.25) is 11.8 Å². The number of carboxylic acid groups (broad SMARTS) is 2. The third-order valence-electron chi connectivity index (χ3n) is 19.5. The number of amides is 1. The molecule has 2 spiro atoms. The second-order valence-electron chi connectivity index (χ2n) is 24.2. The summed E-state index contributed by atoms with van der Waals surface area (Å²) in [5, 5.41) is 22.5. The fourth-order valence-corrected chi connectivity index (χ4v) is 15.1. The van der Waals surface area contributed by atoms with Crippen molar-refractivity contribution in [2.24, 2.45) is 10.8 Å². The zero-order valence-electron chi connectivity index (χ0n) is 50.2. The van der Waals surface area contributed by atoms with Crippen LogP contribution in [0.1, 0.15) is 135 Å². The fourth-order valence-electron chi connectivity index (χ4n) is 15.1. The molecule has 6 aromatic carbocycles. The van der Waals surface area contributed by atoms with E-state index >= 15 is 0 Å². The number of carbonyl (C=O) groups excluding carboxylic acids is 4. The van der Waals surface area contributed by atoms with Crippen LogP contribution < -0.4 is 5.32 Å². The summed E-state index contributed by atoms with van der Waals surface area (Å²) in [4.78, 5) is 86.4. The zero-order valence-corrected chi connectivity index (χ0v) is 49.2. The molecule has 0 radical (unpaired) electrons. The number of ketones is 2. The standard InChI is InChI=1S/C34H36N2O4.C20H26N2O3.C17H14N2O.CH3F.CH4/c37-29-16-17-34(31(29)26-14-8-3-9-15-26)18-20-35(21-19-34)27-22-28(33(39)40)36(23-27)32(38)30(24-10-4-1-5-11-24)25-12-6-2-7-13-25;23-17-6-7-20(18(17)14-4-2-1-3-5-14)8-10-22(11-9-20)15-12-16(19(24)25)21-13-15;20-17(19-12-11-18-13-19)16(14-7-3-1-4-8-14)15-9-5-2-6-10-15;1-2;/h1-15,27-28,30-31H,16-23H2,(H,39,40);1-5,15-16,18,21H,6-13H2,(H,24,25);1-13,16H;1H3;1H4/t27-,28-,31?;15-,16-,18?;;;/m00.../s1/i;;;1D;. The number of carbonyl (C=O) groups is 6. The van der Waals surface area contributed by atoms with E-state index in [1.54, 1.807) is 23.6 Å². The monoisotopic (exact) mass is 1190 g/mol. The Balaban J connectivity index is 0.000000165. The van der Waals surface area contributed by atoms with E-state index in [-0.39, 0.29) is 53.9 Å². The predicted octanol–water partition coefficient (Wildman–Crippen LogP) is 11.7. The Morgan fingerprint density at radius 3 is 1.31 bits per heavy atom. The van der Waals surface area contributed by atoms with Gasteiger partial charge >= 0.3 is 11.9 Å². The highest BCUT2D eigenvalue weighted by molar-refractivity contribution is 5.92. The van der Waals surface area contributed by atoms with Gasteiger partial charge in [0.25, 0.3) is 0 Å². The molecule has 1 amide bonds. The summed E-state index contributed by atoms with van der Waals surface area (Å²) in [7, 11) is -1.00. The number of aliphatic carboxylic acids is 2. The number of carboxylic acids is 2. The number of Topliss-reactive ketones (excluding diaryl/α,β-unsaturated/α-hetero) is 2. The van der Waals surface area contributed by atoms with Crippen molar-refractivity contribution < 1.29 is 44.7 Å². The molecule has 6 aliphatic rings. The molecule has 15 heteroatoms. The van der Waals surface area contributed by atoms with Gasteiger partial charge in [-0.25, -0.2) is 9.78 Å². The number of rotatable bonds is 12. The Bertz CT molecular complexity index is 3330. The van der Waals surface area contributed by atoms with Gasteiger partial charge in [-0.2, -0.15) is 0 Å². The fraction of sp³-hybridized carbons (Fsp3) is 0.384. The minimum absolute atomic E-state index is 0. The first-order valence-electron chi connectivity index (χ1n) is 31.2. The van der Waals surface area contributed by atoms with E-state index in [0.29, 0.717) is 49.8 Å². The van der Waals surface area contributed by atoms with Crippen LogP contribution in [0.15, 0.2) is 201 Å². The smallest absolute Gasteiger partial charge is 0.326 e. The van der Waals surface area contributed by atoms with Crippen molar-refractivity contribution in [2.75, 3.05) is 46.4 Å². The highest BCUT2D eigenvalue weighted by atomic mass is 19.1. The van der Waals surface area contributed by atoms with Gasteiger partial charge in [0.05, 0.1) is 20.4 Å². The van der Waals surface area contributed by atoms with Gasteiger partial charge in [-0.15, -0.1) is 0 Å². The van der Waals surface area contributed by atoms with Crippen LogP contribution in [0.4, 0.5) is 4.39 Å². The second-order valence-corrected chi connectivity index (χ2v) is 24.2. The molecule has 2 saturated carbocycles. The molecule has 460 valence electrons. The van der Waals surface area contributed by atoms with Crippen molar-refractivity contribution in [3.05, 3.63) is 234 Å². The molecule has 6 fully saturated rings. The summed E-state index contributed by atoms with van der Waals surface area (Å²) in [6.45, 7) is 4.72. The molecule has 88 heavy (non-hydrogen) atoms. The van der Waals surface area contributed by atoms with Crippen LogP contribution >= 0.6 is 0 Å². The van der Waals surface area contributed by atoms with Crippen molar-refractivity contribution in [2.45, 2.75) is 119 Å². The highest BCUT2D eigenvalue weighted by Gasteiger charge is 2.53. The third-order valence-corrected chi connectivity index (χ3v) is 19.5. The van der Waals surface area contributed by atoms with Crippen molar-refractivity contribution in [1.82, 2.24) is 29.6 Å². The van der Waals surface area contributed by atoms with Gasteiger partial charge in [-0.05, 0) is 122 Å². The number of likely N-dealkylation sites (tertiary alicyclic amines) is 3. The Morgan fingerprint density at radius 2 is 0.943 bits per heavy atom. The second kappa shape index (κ2) is 29.6. The number of aromatic nitrogens is 2. The number of nitrogens with one attached hydrogen (secondary N) is 1. The summed E-state index contributed by atoms with van der Waals surface area (Å²) in [5.74, 6) is -1.99. The number of hydrogen-bond acceptors (Lipinski definition) is 10. The van der Waals surface area contributed by atoms with Crippen LogP contribution in [0.25, 0.3) is 0 Å². The van der Waals surface area contributed by atoms with Gasteiger partial charge in [0.15, 0.2) is 0 Å². The van der Waals surface area contributed by atoms with Crippen LogP contribution in [-0.4, -0.2) is 140 Å². The summed E-state index contributed by atoms with van der Waals surface area (Å²) in [6, 6.07) is 58.4. The average Bonchev–Trinajstić information content (AvgIpc) is 1.78. The number of imidazole rings is 1. The lowest BCUT2D eigenvalue weighted by Gasteiger charge is -2.44. The van der Waals surface area contributed by atoms with Gasteiger partial charge in [-0.1, -0.05) is 189 Å². The summed E-state index contributed by atoms with van der Waals surface area (Å²) in [6.07, 6.45) is 13.1. The highest BCUT2D eigenvalue weighted by Crippen LogP contribution is 2.55. The molecule has 13 rings (SSSR count). The summed E-state index contributed by atoms with van der Waals surface area (Å²) >= 11 is 0. The molecule has 2 unspecified atom stereocenters. The minimum Gasteiger partial charge on any atom is -0.480 e. The first-order valence-corrected chi connectivity index (χ1v) is 30.5. The Labute approximate surface area is 518 Å². The van der Waals surface area contributed by atoms with E-state index in [2.05, 4.69) is 44.4 Å². The number of benzene rings is 6. The van der Waals surface area contributed by atoms with Gasteiger partial charge in [0.1, 0.15) is 30.0 Å². The zero-order chi connectivity index (χ0) is 61.6. The van der Waals surface area contributed by atoms with Gasteiger partial charge < -0.3 is 20.4 Å². The predicted molar refractivity (Wildman–Crippen MR) is 339 cm³/mol. The first kappa shape index (κ1) is 62.8. The van der Waals surface area contributed by atoms with Crippen LogP contribution in [-0.2, 0) is 24.0 Å². The number of alkyl halides is 1. The van der Waals surface area contributed by atoms with E-state index in [1.165, 1.54) is 10.1 Å². The summed E-state index contributed by atoms with van der Waals surface area (Å²) < 4.78 is 17.0. The molecule has 14 nitrogen and oxygen atoms in total. The van der Waals surface area contributed by atoms with E-state index < -0.39 is 37.1 Å². The maximum atomic E-state index is 14.1. The maximum Gasteiger partial charge on any atom is 0.326 e.